The highest BCUT2D eigenvalue weighted by Gasteiger charge is 2.13. The maximum Gasteiger partial charge on any atom is 0.306 e. The van der Waals surface area contributed by atoms with Crippen molar-refractivity contribution in [2.45, 2.75) is 129 Å². The van der Waals surface area contributed by atoms with Crippen LogP contribution in [-0.2, 0) is 36.9 Å². The molecule has 2 atom stereocenters. The highest BCUT2D eigenvalue weighted by molar-refractivity contribution is 6.92. The first-order valence-corrected chi connectivity index (χ1v) is 18.2. The van der Waals surface area contributed by atoms with E-state index in [1.54, 1.807) is 14.0 Å². The molecule has 4 N–H and O–H groups in total. The van der Waals surface area contributed by atoms with Crippen LogP contribution in [0.15, 0.2) is 83.0 Å². The Labute approximate surface area is 343 Å². The molecule has 0 aliphatic carbocycles. The third-order valence-corrected chi connectivity index (χ3v) is 5.59. The monoisotopic (exact) mass is 810 g/mol. The van der Waals surface area contributed by atoms with Gasteiger partial charge in [-0.1, -0.05) is 119 Å². The van der Waals surface area contributed by atoms with Crippen LogP contribution < -0.4 is 16.4 Å². The van der Waals surface area contributed by atoms with Crippen molar-refractivity contribution in [2.24, 2.45) is 16.0 Å². The summed E-state index contributed by atoms with van der Waals surface area (Å²) >= 11 is 0. The number of rotatable bonds is 5. The van der Waals surface area contributed by atoms with E-state index in [4.69, 9.17) is 4.74 Å². The molecule has 0 bridgehead atoms. The first kappa shape index (κ1) is 66.0. The smallest absolute Gasteiger partial charge is 0.306 e. The normalized spacial score (nSPS) is 8.69. The van der Waals surface area contributed by atoms with Crippen molar-refractivity contribution >= 4 is 49.2 Å². The molecule has 0 spiro atoms. The van der Waals surface area contributed by atoms with Gasteiger partial charge >= 0.3 is 5.97 Å². The Bertz CT molecular complexity index is 1370. The molecular formula is C43H81N5O5P2. The lowest BCUT2D eigenvalue weighted by Crippen LogP contribution is -2.23. The zero-order chi connectivity index (χ0) is 42.4. The van der Waals surface area contributed by atoms with E-state index in [1.807, 2.05) is 111 Å². The molecule has 0 aromatic heterocycles. The molecule has 10 nitrogen and oxygen atoms in total. The third-order valence-electron chi connectivity index (χ3n) is 5.59. The molecule has 3 amide bonds. The van der Waals surface area contributed by atoms with E-state index in [-0.39, 0.29) is 50.5 Å². The number of nitrogens with zero attached hydrogens (tertiary/aromatic N) is 2. The zero-order valence-electron chi connectivity index (χ0n) is 37.5. The average Bonchev–Trinajstić information content (AvgIpc) is 3.14. The minimum atomic E-state index is -0.326. The summed E-state index contributed by atoms with van der Waals surface area (Å²) in [5, 5.41) is 12.3. The fourth-order valence-corrected chi connectivity index (χ4v) is 2.91. The number of amides is 3. The molecule has 3 aromatic rings. The summed E-state index contributed by atoms with van der Waals surface area (Å²) < 4.78 is 4.95. The number of nitrogens with two attached hydrogens (primary N) is 1. The summed E-state index contributed by atoms with van der Waals surface area (Å²) in [5.74, 6) is -0.404. The van der Waals surface area contributed by atoms with E-state index in [0.717, 1.165) is 17.5 Å². The molecule has 12 heteroatoms. The van der Waals surface area contributed by atoms with Crippen LogP contribution in [0.5, 0.6) is 0 Å². The number of benzene rings is 3. The first-order chi connectivity index (χ1) is 24.9. The Morgan fingerprint density at radius 3 is 1.27 bits per heavy atom. The molecule has 0 heterocycles. The summed E-state index contributed by atoms with van der Waals surface area (Å²) in [5.41, 5.74) is 11.2. The topological polar surface area (TPSA) is 152 Å². The minimum Gasteiger partial charge on any atom is -0.460 e. The van der Waals surface area contributed by atoms with Crippen molar-refractivity contribution in [2.75, 3.05) is 14.1 Å². The van der Waals surface area contributed by atoms with Gasteiger partial charge in [-0.3, -0.25) is 19.2 Å². The van der Waals surface area contributed by atoms with Crippen LogP contribution >= 0.6 is 19.8 Å². The Balaban J connectivity index is -0.0000000833. The van der Waals surface area contributed by atoms with Crippen LogP contribution in [0.1, 0.15) is 119 Å². The van der Waals surface area contributed by atoms with Crippen LogP contribution in [-0.4, -0.2) is 43.4 Å². The lowest BCUT2D eigenvalue weighted by atomic mass is 10.1. The summed E-state index contributed by atoms with van der Waals surface area (Å²) in [7, 11) is 3.10. The number of esters is 1. The molecule has 2 unspecified atom stereocenters. The molecule has 0 radical (unpaired) electrons. The molecule has 318 valence electrons. The maximum atomic E-state index is 10.6. The Morgan fingerprint density at radius 2 is 1.02 bits per heavy atom. The Morgan fingerprint density at radius 1 is 0.673 bits per heavy atom. The van der Waals surface area contributed by atoms with Crippen LogP contribution in [0.4, 0.5) is 5.69 Å². The van der Waals surface area contributed by atoms with E-state index in [1.165, 1.54) is 44.5 Å². The summed E-state index contributed by atoms with van der Waals surface area (Å²) in [6.45, 7) is 28.7. The molecular weight excluding hydrogens is 728 g/mol. The summed E-state index contributed by atoms with van der Waals surface area (Å²) in [6.07, 6.45) is 1.59. The molecule has 0 fully saturated rings. The van der Waals surface area contributed by atoms with Gasteiger partial charge in [0.25, 0.3) is 5.91 Å². The zero-order valence-corrected chi connectivity index (χ0v) is 40.3. The van der Waals surface area contributed by atoms with Gasteiger partial charge in [-0.25, -0.2) is 0 Å². The number of hydrogen-bond acceptors (Lipinski definition) is 7. The lowest BCUT2D eigenvalue weighted by Gasteiger charge is -2.18. The molecule has 55 heavy (non-hydrogen) atoms. The standard InChI is InChI=1S/C10H13NO.C9H10N2O.C9H12.C7H14O2.C3H7NO.2C2H6.CH5N.2H3P.H2/c1-8-3-5-10(6-4-8)7-11-9(2)12;1-7-3-5-9(6-4-7)11-10-8(2)12;1-3-9-6-4-8(2)5-7-9;1-5-6(8)9-7(2,3)4;1-3(5)4-2;3*1-2;;;/h3-6H,7H2,1-2H3,(H,11,12);3-6H,1-2H3;4-7H,3H2,1-2H3;5H2,1-4H3;1-2H3,(H,4,5);2*1-2H3;2H2,1H3;2*1H3;1H. The van der Waals surface area contributed by atoms with Crippen molar-refractivity contribution in [1.82, 2.24) is 10.6 Å². The quantitative estimate of drug-likeness (QED) is 0.133. The van der Waals surface area contributed by atoms with Gasteiger partial charge in [0.15, 0.2) is 0 Å². The fourth-order valence-electron chi connectivity index (χ4n) is 2.91. The fraction of sp³-hybridized carbons (Fsp3) is 0.488. The van der Waals surface area contributed by atoms with Crippen LogP contribution in [0.3, 0.4) is 0 Å². The second-order valence-corrected chi connectivity index (χ2v) is 11.5. The SMILES string of the molecule is CC.CC.CC(=O)N=Nc1ccc(C)cc1.CC(=O)NCc1ccc(C)cc1.CCC(=O)OC(C)(C)C.CCc1ccc(C)cc1.CN.CNC(C)=O.P.P.[HH]. The van der Waals surface area contributed by atoms with Crippen molar-refractivity contribution < 1.29 is 25.3 Å². The number of aryl methyl sites for hydroxylation is 4. The van der Waals surface area contributed by atoms with Gasteiger partial charge in [-0.05, 0) is 78.3 Å². The number of carbonyl (C=O) groups is 4. The molecule has 0 aliphatic heterocycles. The highest BCUT2D eigenvalue weighted by atomic mass is 31.0. The number of azo groups is 1. The molecule has 3 aromatic carbocycles. The number of carbonyl (C=O) groups excluding carboxylic acids is 4. The highest BCUT2D eigenvalue weighted by Crippen LogP contribution is 2.12. The second-order valence-electron chi connectivity index (χ2n) is 11.5. The number of hydrogen-bond donors (Lipinski definition) is 3. The Hall–Kier alpha value is -3.84. The van der Waals surface area contributed by atoms with Crippen molar-refractivity contribution in [3.63, 3.8) is 0 Å². The van der Waals surface area contributed by atoms with Crippen molar-refractivity contribution in [3.8, 4) is 0 Å². The molecule has 0 aliphatic rings. The average molecular weight is 810 g/mol. The third kappa shape index (κ3) is 52.3. The Kier molecular flexibility index (Phi) is 53.5. The van der Waals surface area contributed by atoms with Gasteiger partial charge in [0.05, 0.1) is 5.69 Å². The van der Waals surface area contributed by atoms with Gasteiger partial charge in [0.2, 0.25) is 11.8 Å². The van der Waals surface area contributed by atoms with Crippen molar-refractivity contribution in [3.05, 3.63) is 101 Å². The second kappa shape index (κ2) is 44.6. The van der Waals surface area contributed by atoms with E-state index >= 15 is 0 Å². The van der Waals surface area contributed by atoms with Gasteiger partial charge in [0, 0.05) is 42.2 Å². The van der Waals surface area contributed by atoms with E-state index < -0.39 is 0 Å². The largest absolute Gasteiger partial charge is 0.460 e. The van der Waals surface area contributed by atoms with E-state index in [0.29, 0.717) is 18.7 Å². The first-order valence-electron chi connectivity index (χ1n) is 18.2. The van der Waals surface area contributed by atoms with Crippen LogP contribution in [0.25, 0.3) is 0 Å². The number of nitrogens with one attached hydrogen (secondary N) is 2. The van der Waals surface area contributed by atoms with Gasteiger partial charge in [-0.2, -0.15) is 19.8 Å². The maximum absolute atomic E-state index is 10.6. The van der Waals surface area contributed by atoms with Crippen LogP contribution in [0, 0.1) is 20.8 Å². The van der Waals surface area contributed by atoms with Gasteiger partial charge in [-0.15, -0.1) is 10.2 Å². The van der Waals surface area contributed by atoms with E-state index in [9.17, 15) is 19.2 Å². The van der Waals surface area contributed by atoms with Gasteiger partial charge < -0.3 is 21.1 Å². The predicted octanol–water partition coefficient (Wildman–Crippen LogP) is 10.3. The van der Waals surface area contributed by atoms with Crippen molar-refractivity contribution in [1.29, 1.82) is 0 Å². The molecule has 0 saturated carbocycles. The molecule has 0 saturated heterocycles. The van der Waals surface area contributed by atoms with Crippen LogP contribution in [0.2, 0.25) is 0 Å². The summed E-state index contributed by atoms with van der Waals surface area (Å²) in [4.78, 5) is 41.3. The minimum absolute atomic E-state index is 0. The van der Waals surface area contributed by atoms with Gasteiger partial charge in [0.1, 0.15) is 5.60 Å². The molecule has 3 rings (SSSR count). The number of ether oxygens (including phenoxy) is 1. The lowest BCUT2D eigenvalue weighted by molar-refractivity contribution is -0.154. The summed E-state index contributed by atoms with van der Waals surface area (Å²) in [6, 6.07) is 24.3. The predicted molar refractivity (Wildman–Crippen MR) is 249 cm³/mol. The van der Waals surface area contributed by atoms with E-state index in [2.05, 4.69) is 64.7 Å².